The molecule has 4 aromatic rings. The van der Waals surface area contributed by atoms with E-state index < -0.39 is 0 Å². The lowest BCUT2D eigenvalue weighted by Crippen LogP contribution is -2.35. The van der Waals surface area contributed by atoms with Gasteiger partial charge >= 0.3 is 0 Å². The zero-order valence-corrected chi connectivity index (χ0v) is 13.2. The fraction of sp³-hybridized carbons (Fsp3) is 0.278. The SMILES string of the molecule is c1ccc2c(c1)oc1c(N3CCC(n4ccnc4)CC3)ncnc12. The van der Waals surface area contributed by atoms with Gasteiger partial charge in [-0.05, 0) is 25.0 Å². The fourth-order valence-electron chi connectivity index (χ4n) is 3.60. The van der Waals surface area contributed by atoms with E-state index in [9.17, 15) is 0 Å². The van der Waals surface area contributed by atoms with Crippen LogP contribution < -0.4 is 4.90 Å². The molecule has 0 aliphatic carbocycles. The van der Waals surface area contributed by atoms with Crippen LogP contribution in [0, 0.1) is 0 Å². The van der Waals surface area contributed by atoms with E-state index >= 15 is 0 Å². The number of benzene rings is 1. The largest absolute Gasteiger partial charge is 0.450 e. The molecule has 1 aliphatic rings. The van der Waals surface area contributed by atoms with Gasteiger partial charge in [-0.3, -0.25) is 0 Å². The van der Waals surface area contributed by atoms with Gasteiger partial charge in [0.25, 0.3) is 0 Å². The molecule has 120 valence electrons. The van der Waals surface area contributed by atoms with E-state index in [1.807, 2.05) is 43.0 Å². The first kappa shape index (κ1) is 13.5. The first-order valence-corrected chi connectivity index (χ1v) is 8.25. The molecule has 0 radical (unpaired) electrons. The first-order chi connectivity index (χ1) is 11.9. The summed E-state index contributed by atoms with van der Waals surface area (Å²) in [6.45, 7) is 1.90. The van der Waals surface area contributed by atoms with Crippen molar-refractivity contribution in [3.05, 3.63) is 49.3 Å². The van der Waals surface area contributed by atoms with E-state index in [0.717, 1.165) is 53.8 Å². The fourth-order valence-corrected chi connectivity index (χ4v) is 3.60. The second-order valence-corrected chi connectivity index (χ2v) is 6.20. The molecule has 1 aromatic carbocycles. The Bertz CT molecular complexity index is 983. The molecule has 1 fully saturated rings. The summed E-state index contributed by atoms with van der Waals surface area (Å²) in [7, 11) is 0. The van der Waals surface area contributed by atoms with Gasteiger partial charge in [-0.15, -0.1) is 0 Å². The Morgan fingerprint density at radius 1 is 1.08 bits per heavy atom. The molecular formula is C18H17N5O. The Kier molecular flexibility index (Phi) is 3.01. The smallest absolute Gasteiger partial charge is 0.196 e. The predicted molar refractivity (Wildman–Crippen MR) is 92.0 cm³/mol. The molecule has 0 unspecified atom stereocenters. The lowest BCUT2D eigenvalue weighted by Gasteiger charge is -2.33. The molecule has 1 saturated heterocycles. The number of rotatable bonds is 2. The van der Waals surface area contributed by atoms with E-state index in [2.05, 4.69) is 24.4 Å². The summed E-state index contributed by atoms with van der Waals surface area (Å²) in [6.07, 6.45) is 9.57. The Balaban J connectivity index is 1.49. The third-order valence-corrected chi connectivity index (χ3v) is 4.85. The summed E-state index contributed by atoms with van der Waals surface area (Å²) in [5.41, 5.74) is 2.55. The van der Waals surface area contributed by atoms with E-state index in [4.69, 9.17) is 4.42 Å². The number of hydrogen-bond donors (Lipinski definition) is 0. The van der Waals surface area contributed by atoms with Gasteiger partial charge in [0, 0.05) is 36.9 Å². The lowest BCUT2D eigenvalue weighted by molar-refractivity contribution is 0.394. The zero-order chi connectivity index (χ0) is 15.9. The van der Waals surface area contributed by atoms with Crippen molar-refractivity contribution in [1.82, 2.24) is 19.5 Å². The molecule has 4 heterocycles. The second kappa shape index (κ2) is 5.33. The standard InChI is InChI=1S/C18H17N5O/c1-2-4-15-14(3-1)16-17(24-15)18(21-11-20-16)22-8-5-13(6-9-22)23-10-7-19-12-23/h1-4,7,10-13H,5-6,8-9H2. The summed E-state index contributed by atoms with van der Waals surface area (Å²) in [4.78, 5) is 15.4. The van der Waals surface area contributed by atoms with Gasteiger partial charge in [0.05, 0.1) is 6.33 Å². The third-order valence-electron chi connectivity index (χ3n) is 4.85. The molecule has 0 spiro atoms. The molecule has 0 amide bonds. The maximum Gasteiger partial charge on any atom is 0.196 e. The van der Waals surface area contributed by atoms with Crippen LogP contribution in [0.15, 0.2) is 53.7 Å². The molecule has 0 bridgehead atoms. The minimum atomic E-state index is 0.511. The van der Waals surface area contributed by atoms with Gasteiger partial charge in [-0.2, -0.15) is 0 Å². The summed E-state index contributed by atoms with van der Waals surface area (Å²) in [6, 6.07) is 8.52. The minimum Gasteiger partial charge on any atom is -0.450 e. The number of imidazole rings is 1. The second-order valence-electron chi connectivity index (χ2n) is 6.20. The van der Waals surface area contributed by atoms with Crippen LogP contribution in [0.25, 0.3) is 22.1 Å². The van der Waals surface area contributed by atoms with Crippen molar-refractivity contribution in [3.63, 3.8) is 0 Å². The summed E-state index contributed by atoms with van der Waals surface area (Å²) >= 11 is 0. The summed E-state index contributed by atoms with van der Waals surface area (Å²) < 4.78 is 8.26. The quantitative estimate of drug-likeness (QED) is 0.566. The summed E-state index contributed by atoms with van der Waals surface area (Å²) in [5.74, 6) is 0.903. The number of para-hydroxylation sites is 1. The minimum absolute atomic E-state index is 0.511. The Morgan fingerprint density at radius 2 is 1.96 bits per heavy atom. The molecule has 6 nitrogen and oxygen atoms in total. The highest BCUT2D eigenvalue weighted by atomic mass is 16.3. The van der Waals surface area contributed by atoms with Crippen molar-refractivity contribution >= 4 is 27.9 Å². The van der Waals surface area contributed by atoms with Gasteiger partial charge in [-0.1, -0.05) is 12.1 Å². The number of nitrogens with zero attached hydrogens (tertiary/aromatic N) is 5. The van der Waals surface area contributed by atoms with Crippen LogP contribution in [0.4, 0.5) is 5.82 Å². The highest BCUT2D eigenvalue weighted by Gasteiger charge is 2.24. The van der Waals surface area contributed by atoms with Crippen LogP contribution in [0.1, 0.15) is 18.9 Å². The average molecular weight is 319 g/mol. The Morgan fingerprint density at radius 3 is 2.79 bits per heavy atom. The van der Waals surface area contributed by atoms with Crippen LogP contribution >= 0.6 is 0 Å². The number of hydrogen-bond acceptors (Lipinski definition) is 5. The number of piperidine rings is 1. The van der Waals surface area contributed by atoms with Gasteiger partial charge in [0.1, 0.15) is 17.4 Å². The van der Waals surface area contributed by atoms with Gasteiger partial charge < -0.3 is 13.9 Å². The molecule has 5 rings (SSSR count). The molecule has 0 saturated carbocycles. The topological polar surface area (TPSA) is 60.0 Å². The van der Waals surface area contributed by atoms with Crippen molar-refractivity contribution in [2.24, 2.45) is 0 Å². The molecule has 1 aliphatic heterocycles. The van der Waals surface area contributed by atoms with Gasteiger partial charge in [0.2, 0.25) is 0 Å². The molecule has 6 heteroatoms. The maximum absolute atomic E-state index is 6.05. The van der Waals surface area contributed by atoms with Gasteiger partial charge in [0.15, 0.2) is 11.4 Å². The number of aromatic nitrogens is 4. The first-order valence-electron chi connectivity index (χ1n) is 8.25. The molecule has 3 aromatic heterocycles. The highest BCUT2D eigenvalue weighted by Crippen LogP contribution is 2.34. The molecular weight excluding hydrogens is 302 g/mol. The lowest BCUT2D eigenvalue weighted by atomic mass is 10.0. The Hall–Kier alpha value is -2.89. The van der Waals surface area contributed by atoms with Gasteiger partial charge in [-0.25, -0.2) is 15.0 Å². The normalized spacial score (nSPS) is 16.2. The van der Waals surface area contributed by atoms with Crippen molar-refractivity contribution in [3.8, 4) is 0 Å². The van der Waals surface area contributed by atoms with Crippen LogP contribution in [-0.2, 0) is 0 Å². The molecule has 0 N–H and O–H groups in total. The average Bonchev–Trinajstić information content (AvgIpc) is 3.29. The Labute approximate surface area is 138 Å². The van der Waals surface area contributed by atoms with Crippen molar-refractivity contribution in [2.75, 3.05) is 18.0 Å². The number of furan rings is 1. The van der Waals surface area contributed by atoms with Crippen LogP contribution in [-0.4, -0.2) is 32.6 Å². The van der Waals surface area contributed by atoms with Crippen molar-refractivity contribution in [2.45, 2.75) is 18.9 Å². The summed E-state index contributed by atoms with van der Waals surface area (Å²) in [5, 5.41) is 1.05. The third kappa shape index (κ3) is 2.06. The van der Waals surface area contributed by atoms with Crippen molar-refractivity contribution in [1.29, 1.82) is 0 Å². The van der Waals surface area contributed by atoms with Crippen LogP contribution in [0.5, 0.6) is 0 Å². The highest BCUT2D eigenvalue weighted by molar-refractivity contribution is 6.05. The van der Waals surface area contributed by atoms with E-state index in [1.165, 1.54) is 0 Å². The number of fused-ring (bicyclic) bond motifs is 3. The number of anilines is 1. The predicted octanol–water partition coefficient (Wildman–Crippen LogP) is 3.41. The monoisotopic (exact) mass is 319 g/mol. The van der Waals surface area contributed by atoms with E-state index in [1.54, 1.807) is 6.33 Å². The molecule has 24 heavy (non-hydrogen) atoms. The zero-order valence-electron chi connectivity index (χ0n) is 13.2. The maximum atomic E-state index is 6.05. The van der Waals surface area contributed by atoms with Crippen molar-refractivity contribution < 1.29 is 4.42 Å². The van der Waals surface area contributed by atoms with E-state index in [-0.39, 0.29) is 0 Å². The van der Waals surface area contributed by atoms with Crippen LogP contribution in [0.3, 0.4) is 0 Å². The van der Waals surface area contributed by atoms with Crippen LogP contribution in [0.2, 0.25) is 0 Å². The molecule has 0 atom stereocenters. The van der Waals surface area contributed by atoms with E-state index in [0.29, 0.717) is 6.04 Å².